The summed E-state index contributed by atoms with van der Waals surface area (Å²) in [6, 6.07) is 13.8. The minimum atomic E-state index is -3.65. The van der Waals surface area contributed by atoms with Crippen LogP contribution in [0.2, 0.25) is 0 Å². The van der Waals surface area contributed by atoms with Crippen LogP contribution in [0.3, 0.4) is 0 Å². The third-order valence-electron chi connectivity index (χ3n) is 6.24. The van der Waals surface area contributed by atoms with Gasteiger partial charge in [-0.05, 0) is 67.6 Å². The fourth-order valence-corrected chi connectivity index (χ4v) is 6.12. The predicted molar refractivity (Wildman–Crippen MR) is 130 cm³/mol. The Balaban J connectivity index is 1.35. The van der Waals surface area contributed by atoms with Crippen molar-refractivity contribution in [2.24, 2.45) is 5.92 Å². The maximum absolute atomic E-state index is 13.0. The lowest BCUT2D eigenvalue weighted by Crippen LogP contribution is -2.43. The molecule has 9 heteroatoms. The predicted octanol–water partition coefficient (Wildman–Crippen LogP) is 3.65. The Bertz CT molecular complexity index is 1100. The summed E-state index contributed by atoms with van der Waals surface area (Å²) in [4.78, 5) is 27.3. The molecule has 1 N–H and O–H groups in total. The van der Waals surface area contributed by atoms with Gasteiger partial charge < -0.3 is 10.2 Å². The van der Waals surface area contributed by atoms with Crippen molar-refractivity contribution in [1.82, 2.24) is 9.21 Å². The molecule has 4 rings (SSSR count). The summed E-state index contributed by atoms with van der Waals surface area (Å²) >= 11 is 3.32. The van der Waals surface area contributed by atoms with Gasteiger partial charge >= 0.3 is 0 Å². The van der Waals surface area contributed by atoms with E-state index in [2.05, 4.69) is 21.2 Å². The van der Waals surface area contributed by atoms with E-state index in [1.54, 1.807) is 36.4 Å². The maximum atomic E-state index is 13.0. The van der Waals surface area contributed by atoms with Crippen molar-refractivity contribution < 1.29 is 18.0 Å². The molecule has 0 spiro atoms. The number of sulfonamides is 1. The van der Waals surface area contributed by atoms with Gasteiger partial charge in [-0.15, -0.1) is 0 Å². The van der Waals surface area contributed by atoms with Gasteiger partial charge in [0.25, 0.3) is 0 Å². The number of rotatable bonds is 6. The van der Waals surface area contributed by atoms with E-state index in [0.29, 0.717) is 31.5 Å². The topological polar surface area (TPSA) is 86.8 Å². The zero-order valence-electron chi connectivity index (χ0n) is 18.4. The molecule has 2 saturated heterocycles. The summed E-state index contributed by atoms with van der Waals surface area (Å²) in [5.74, 6) is -0.467. The van der Waals surface area contributed by atoms with Crippen molar-refractivity contribution in [3.05, 3.63) is 58.6 Å². The minimum Gasteiger partial charge on any atom is -0.342 e. The van der Waals surface area contributed by atoms with Gasteiger partial charge in [-0.3, -0.25) is 9.59 Å². The average molecular weight is 534 g/mol. The molecule has 176 valence electrons. The van der Waals surface area contributed by atoms with Gasteiger partial charge in [-0.1, -0.05) is 28.1 Å². The van der Waals surface area contributed by atoms with Gasteiger partial charge in [0.05, 0.1) is 17.2 Å². The first-order valence-electron chi connectivity index (χ1n) is 11.3. The lowest BCUT2D eigenvalue weighted by molar-refractivity contribution is -0.129. The monoisotopic (exact) mass is 533 g/mol. The fourth-order valence-electron chi connectivity index (χ4n) is 4.33. The third kappa shape index (κ3) is 5.83. The smallest absolute Gasteiger partial charge is 0.243 e. The first-order valence-corrected chi connectivity index (χ1v) is 13.5. The number of hydrogen-bond acceptors (Lipinski definition) is 4. The van der Waals surface area contributed by atoms with Crippen LogP contribution in [-0.2, 0) is 26.0 Å². The van der Waals surface area contributed by atoms with Crippen LogP contribution in [0, 0.1) is 5.92 Å². The lowest BCUT2D eigenvalue weighted by Gasteiger charge is -2.31. The molecule has 2 amide bonds. The van der Waals surface area contributed by atoms with E-state index in [1.165, 1.54) is 4.31 Å². The molecule has 7 nitrogen and oxygen atoms in total. The molecule has 1 unspecified atom stereocenters. The van der Waals surface area contributed by atoms with Crippen molar-refractivity contribution >= 4 is 43.5 Å². The quantitative estimate of drug-likeness (QED) is 0.613. The number of anilines is 1. The number of nitrogens with zero attached hydrogens (tertiary/aromatic N) is 2. The number of benzene rings is 2. The Hall–Kier alpha value is -2.23. The molecule has 2 aliphatic rings. The molecule has 33 heavy (non-hydrogen) atoms. The highest BCUT2D eigenvalue weighted by atomic mass is 79.9. The van der Waals surface area contributed by atoms with Crippen LogP contribution >= 0.6 is 15.9 Å². The molecule has 1 atom stereocenters. The van der Waals surface area contributed by atoms with Crippen LogP contribution in [0.25, 0.3) is 0 Å². The van der Waals surface area contributed by atoms with Crippen LogP contribution in [0.15, 0.2) is 57.9 Å². The van der Waals surface area contributed by atoms with Gasteiger partial charge in [-0.2, -0.15) is 4.31 Å². The number of likely N-dealkylation sites (tertiary alicyclic amines) is 1. The molecule has 2 aliphatic heterocycles. The Morgan fingerprint density at radius 3 is 2.27 bits per heavy atom. The van der Waals surface area contributed by atoms with E-state index in [0.717, 1.165) is 36.0 Å². The highest BCUT2D eigenvalue weighted by Crippen LogP contribution is 2.26. The van der Waals surface area contributed by atoms with Crippen molar-refractivity contribution in [3.8, 4) is 0 Å². The molecule has 0 aromatic heterocycles. The number of carbonyl (C=O) groups is 2. The number of amides is 2. The molecule has 0 saturated carbocycles. The second-order valence-corrected chi connectivity index (χ2v) is 11.5. The average Bonchev–Trinajstić information content (AvgIpc) is 3.36. The summed E-state index contributed by atoms with van der Waals surface area (Å²) in [7, 11) is -3.65. The van der Waals surface area contributed by atoms with Crippen molar-refractivity contribution in [2.45, 2.75) is 37.0 Å². The molecule has 0 radical (unpaired) electrons. The summed E-state index contributed by atoms with van der Waals surface area (Å²) in [6.45, 7) is 2.24. The minimum absolute atomic E-state index is 0.138. The van der Waals surface area contributed by atoms with Crippen LogP contribution < -0.4 is 5.32 Å². The molecule has 0 aliphatic carbocycles. The van der Waals surface area contributed by atoms with Crippen molar-refractivity contribution in [2.75, 3.05) is 31.5 Å². The highest BCUT2D eigenvalue weighted by molar-refractivity contribution is 9.10. The number of hydrogen-bond donors (Lipinski definition) is 1. The lowest BCUT2D eigenvalue weighted by atomic mass is 9.98. The Labute approximate surface area is 203 Å². The highest BCUT2D eigenvalue weighted by Gasteiger charge is 2.33. The summed E-state index contributed by atoms with van der Waals surface area (Å²) in [5.41, 5.74) is 1.56. The van der Waals surface area contributed by atoms with E-state index in [4.69, 9.17) is 0 Å². The summed E-state index contributed by atoms with van der Waals surface area (Å²) < 4.78 is 28.2. The number of nitrogens with one attached hydrogen (secondary N) is 1. The summed E-state index contributed by atoms with van der Waals surface area (Å²) in [6.07, 6.45) is 3.77. The van der Waals surface area contributed by atoms with Crippen molar-refractivity contribution in [3.63, 3.8) is 0 Å². The van der Waals surface area contributed by atoms with Crippen LogP contribution in [0.4, 0.5) is 5.69 Å². The molecule has 2 heterocycles. The summed E-state index contributed by atoms with van der Waals surface area (Å²) in [5, 5.41) is 2.90. The second-order valence-electron chi connectivity index (χ2n) is 8.61. The Kier molecular flexibility index (Phi) is 7.51. The fraction of sp³-hybridized carbons (Fsp3) is 0.417. The molecular formula is C24H28BrN3O4S. The van der Waals surface area contributed by atoms with Gasteiger partial charge in [0.2, 0.25) is 21.8 Å². The van der Waals surface area contributed by atoms with E-state index < -0.39 is 15.9 Å². The third-order valence-corrected chi connectivity index (χ3v) is 8.65. The Morgan fingerprint density at radius 1 is 0.939 bits per heavy atom. The maximum Gasteiger partial charge on any atom is 0.243 e. The van der Waals surface area contributed by atoms with E-state index in [9.17, 15) is 18.0 Å². The van der Waals surface area contributed by atoms with E-state index >= 15 is 0 Å². The van der Waals surface area contributed by atoms with Crippen LogP contribution in [0.1, 0.15) is 31.2 Å². The van der Waals surface area contributed by atoms with E-state index in [-0.39, 0.29) is 23.3 Å². The first-order chi connectivity index (χ1) is 15.8. The van der Waals surface area contributed by atoms with Crippen molar-refractivity contribution in [1.29, 1.82) is 0 Å². The zero-order chi connectivity index (χ0) is 23.4. The molecular weight excluding hydrogens is 506 g/mol. The van der Waals surface area contributed by atoms with Crippen LogP contribution in [-0.4, -0.2) is 55.6 Å². The van der Waals surface area contributed by atoms with Gasteiger partial charge in [0.1, 0.15) is 0 Å². The normalized spacial score (nSPS) is 19.4. The second kappa shape index (κ2) is 10.4. The largest absolute Gasteiger partial charge is 0.342 e. The van der Waals surface area contributed by atoms with Gasteiger partial charge in [-0.25, -0.2) is 8.42 Å². The Morgan fingerprint density at radius 2 is 1.61 bits per heavy atom. The van der Waals surface area contributed by atoms with Gasteiger partial charge in [0.15, 0.2) is 0 Å². The van der Waals surface area contributed by atoms with Crippen LogP contribution in [0.5, 0.6) is 0 Å². The number of piperidine rings is 1. The SMILES string of the molecule is O=C(Nc1ccc(CC(=O)N2CCCC2)cc1)C1CCCN(S(=O)(=O)c2ccc(Br)cc2)C1. The number of carbonyl (C=O) groups excluding carboxylic acids is 2. The molecule has 2 aromatic rings. The first kappa shape index (κ1) is 23.9. The van der Waals surface area contributed by atoms with Gasteiger partial charge in [0, 0.05) is 36.3 Å². The molecule has 2 fully saturated rings. The molecule has 0 bridgehead atoms. The van der Waals surface area contributed by atoms with E-state index in [1.807, 2.05) is 17.0 Å². The zero-order valence-corrected chi connectivity index (χ0v) is 20.8. The molecule has 2 aromatic carbocycles. The standard InChI is InChI=1S/C24H28BrN3O4S/c25-20-7-11-22(12-8-20)33(31,32)28-15-3-4-19(17-28)24(30)26-21-9-5-18(6-10-21)16-23(29)27-13-1-2-14-27/h5-12,19H,1-4,13-17H2,(H,26,30). The number of halogens is 1.